The smallest absolute Gasteiger partial charge is 0.122 e. The summed E-state index contributed by atoms with van der Waals surface area (Å²) >= 11 is 1.59. The SMILES string of the molecule is Cc1cccc(OCCc2nc(C(C)C)c(CO)s2)c1C. The molecule has 2 rings (SSSR count). The van der Waals surface area contributed by atoms with E-state index < -0.39 is 0 Å². The third-order valence-corrected chi connectivity index (χ3v) is 4.71. The quantitative estimate of drug-likeness (QED) is 0.877. The molecule has 1 aromatic heterocycles. The average molecular weight is 305 g/mol. The second-order valence-corrected chi connectivity index (χ2v) is 6.69. The minimum absolute atomic E-state index is 0.0724. The van der Waals surface area contributed by atoms with Crippen LogP contribution in [0.15, 0.2) is 18.2 Å². The van der Waals surface area contributed by atoms with Crippen LogP contribution in [0.25, 0.3) is 0 Å². The van der Waals surface area contributed by atoms with Gasteiger partial charge in [0.05, 0.1) is 28.8 Å². The highest BCUT2D eigenvalue weighted by Gasteiger charge is 2.13. The fraction of sp³-hybridized carbons (Fsp3) is 0.471. The van der Waals surface area contributed by atoms with Gasteiger partial charge in [-0.05, 0) is 37.0 Å². The first-order chi connectivity index (χ1) is 10.0. The maximum atomic E-state index is 9.39. The molecule has 4 heteroatoms. The number of hydrogen-bond acceptors (Lipinski definition) is 4. The van der Waals surface area contributed by atoms with E-state index in [-0.39, 0.29) is 6.61 Å². The van der Waals surface area contributed by atoms with Gasteiger partial charge >= 0.3 is 0 Å². The van der Waals surface area contributed by atoms with E-state index in [2.05, 4.69) is 38.7 Å². The van der Waals surface area contributed by atoms with Gasteiger partial charge in [0.1, 0.15) is 5.75 Å². The van der Waals surface area contributed by atoms with Gasteiger partial charge in [0, 0.05) is 6.42 Å². The molecule has 0 saturated heterocycles. The number of aromatic nitrogens is 1. The van der Waals surface area contributed by atoms with E-state index in [1.165, 1.54) is 11.1 Å². The van der Waals surface area contributed by atoms with Crippen LogP contribution in [0.1, 0.15) is 46.5 Å². The van der Waals surface area contributed by atoms with Gasteiger partial charge in [-0.3, -0.25) is 0 Å². The molecule has 0 spiro atoms. The molecule has 0 bridgehead atoms. The Kier molecular flexibility index (Phi) is 5.37. The van der Waals surface area contributed by atoms with E-state index in [0.29, 0.717) is 12.5 Å². The molecule has 0 amide bonds. The van der Waals surface area contributed by atoms with Crippen molar-refractivity contribution in [2.45, 2.75) is 46.6 Å². The number of hydrogen-bond donors (Lipinski definition) is 1. The first-order valence-corrected chi connectivity index (χ1v) is 8.13. The summed E-state index contributed by atoms with van der Waals surface area (Å²) in [6, 6.07) is 6.11. The van der Waals surface area contributed by atoms with E-state index in [1.54, 1.807) is 11.3 Å². The largest absolute Gasteiger partial charge is 0.493 e. The van der Waals surface area contributed by atoms with Crippen molar-refractivity contribution in [2.24, 2.45) is 0 Å². The van der Waals surface area contributed by atoms with Crippen LogP contribution in [0.2, 0.25) is 0 Å². The zero-order valence-electron chi connectivity index (χ0n) is 13.1. The number of rotatable bonds is 6. The standard InChI is InChI=1S/C17H23NO2S/c1-11(2)17-15(10-19)21-16(18-17)8-9-20-14-7-5-6-12(3)13(14)4/h5-7,11,19H,8-10H2,1-4H3. The van der Waals surface area contributed by atoms with Crippen molar-refractivity contribution in [1.29, 1.82) is 0 Å². The number of aliphatic hydroxyl groups is 1. The van der Waals surface area contributed by atoms with Crippen LogP contribution in [-0.2, 0) is 13.0 Å². The van der Waals surface area contributed by atoms with Crippen LogP contribution in [0, 0.1) is 13.8 Å². The third kappa shape index (κ3) is 3.83. The molecule has 1 aromatic carbocycles. The van der Waals surface area contributed by atoms with Gasteiger partial charge in [-0.15, -0.1) is 11.3 Å². The van der Waals surface area contributed by atoms with Crippen LogP contribution >= 0.6 is 11.3 Å². The highest BCUT2D eigenvalue weighted by Crippen LogP contribution is 2.26. The Bertz CT molecular complexity index is 605. The van der Waals surface area contributed by atoms with Crippen LogP contribution in [0.5, 0.6) is 5.75 Å². The second-order valence-electron chi connectivity index (χ2n) is 5.53. The summed E-state index contributed by atoms with van der Waals surface area (Å²) in [7, 11) is 0. The van der Waals surface area contributed by atoms with Crippen molar-refractivity contribution >= 4 is 11.3 Å². The maximum absolute atomic E-state index is 9.39. The lowest BCUT2D eigenvalue weighted by molar-refractivity contribution is 0.283. The van der Waals surface area contributed by atoms with Crippen molar-refractivity contribution in [3.05, 3.63) is 44.9 Å². The molecule has 0 saturated carbocycles. The van der Waals surface area contributed by atoms with Crippen LogP contribution < -0.4 is 4.74 Å². The topological polar surface area (TPSA) is 42.4 Å². The molecular weight excluding hydrogens is 282 g/mol. The Labute approximate surface area is 130 Å². The normalized spacial score (nSPS) is 11.1. The number of benzene rings is 1. The number of aryl methyl sites for hydroxylation is 1. The summed E-state index contributed by atoms with van der Waals surface area (Å²) in [5.41, 5.74) is 3.45. The molecule has 0 atom stereocenters. The second kappa shape index (κ2) is 7.05. The summed E-state index contributed by atoms with van der Waals surface area (Å²) in [6.45, 7) is 9.05. The molecule has 1 heterocycles. The van der Waals surface area contributed by atoms with E-state index >= 15 is 0 Å². The molecule has 2 aromatic rings. The predicted molar refractivity (Wildman–Crippen MR) is 87.2 cm³/mol. The summed E-state index contributed by atoms with van der Waals surface area (Å²) in [6.07, 6.45) is 0.776. The van der Waals surface area contributed by atoms with Gasteiger partial charge in [-0.1, -0.05) is 26.0 Å². The highest BCUT2D eigenvalue weighted by atomic mass is 32.1. The number of thiazole rings is 1. The zero-order valence-corrected chi connectivity index (χ0v) is 14.0. The molecule has 0 unspecified atom stereocenters. The van der Waals surface area contributed by atoms with E-state index in [0.717, 1.165) is 27.7 Å². The van der Waals surface area contributed by atoms with Crippen molar-refractivity contribution < 1.29 is 9.84 Å². The van der Waals surface area contributed by atoms with Crippen LogP contribution in [-0.4, -0.2) is 16.7 Å². The van der Waals surface area contributed by atoms with Gasteiger partial charge in [-0.2, -0.15) is 0 Å². The minimum Gasteiger partial charge on any atom is -0.493 e. The Morgan fingerprint density at radius 3 is 2.67 bits per heavy atom. The number of nitrogens with zero attached hydrogens (tertiary/aromatic N) is 1. The maximum Gasteiger partial charge on any atom is 0.122 e. The van der Waals surface area contributed by atoms with E-state index in [4.69, 9.17) is 4.74 Å². The average Bonchev–Trinajstić information content (AvgIpc) is 2.87. The van der Waals surface area contributed by atoms with Crippen LogP contribution in [0.3, 0.4) is 0 Å². The molecule has 0 aliphatic heterocycles. The lowest BCUT2D eigenvalue weighted by atomic mass is 10.1. The molecule has 0 aliphatic carbocycles. The Balaban J connectivity index is 1.99. The van der Waals surface area contributed by atoms with Gasteiger partial charge in [0.15, 0.2) is 0 Å². The lowest BCUT2D eigenvalue weighted by Crippen LogP contribution is -2.03. The van der Waals surface area contributed by atoms with Crippen LogP contribution in [0.4, 0.5) is 0 Å². The van der Waals surface area contributed by atoms with Gasteiger partial charge in [0.2, 0.25) is 0 Å². The highest BCUT2D eigenvalue weighted by molar-refractivity contribution is 7.11. The molecule has 21 heavy (non-hydrogen) atoms. The summed E-state index contributed by atoms with van der Waals surface area (Å²) in [5.74, 6) is 1.29. The van der Waals surface area contributed by atoms with Gasteiger partial charge in [-0.25, -0.2) is 4.98 Å². The fourth-order valence-electron chi connectivity index (χ4n) is 2.21. The number of aliphatic hydroxyl groups excluding tert-OH is 1. The Morgan fingerprint density at radius 1 is 1.29 bits per heavy atom. The molecule has 0 fully saturated rings. The number of ether oxygens (including phenoxy) is 1. The summed E-state index contributed by atoms with van der Waals surface area (Å²) < 4.78 is 5.87. The van der Waals surface area contributed by atoms with Gasteiger partial charge < -0.3 is 9.84 Å². The van der Waals surface area contributed by atoms with Gasteiger partial charge in [0.25, 0.3) is 0 Å². The van der Waals surface area contributed by atoms with Crippen molar-refractivity contribution in [3.8, 4) is 5.75 Å². The predicted octanol–water partition coefficient (Wildman–Crippen LogP) is 4.00. The third-order valence-electron chi connectivity index (χ3n) is 3.59. The first kappa shape index (κ1) is 16.0. The summed E-state index contributed by atoms with van der Waals surface area (Å²) in [4.78, 5) is 5.61. The molecule has 114 valence electrons. The molecule has 0 radical (unpaired) electrons. The minimum atomic E-state index is 0.0724. The Hall–Kier alpha value is -1.39. The first-order valence-electron chi connectivity index (χ1n) is 7.31. The van der Waals surface area contributed by atoms with Crippen molar-refractivity contribution in [1.82, 2.24) is 4.98 Å². The molecule has 3 nitrogen and oxygen atoms in total. The van der Waals surface area contributed by atoms with E-state index in [9.17, 15) is 5.11 Å². The zero-order chi connectivity index (χ0) is 15.4. The molecule has 1 N–H and O–H groups in total. The monoisotopic (exact) mass is 305 g/mol. The molecular formula is C17H23NO2S. The Morgan fingerprint density at radius 2 is 2.05 bits per heavy atom. The van der Waals surface area contributed by atoms with E-state index in [1.807, 2.05) is 12.1 Å². The fourth-order valence-corrected chi connectivity index (χ4v) is 3.28. The van der Waals surface area contributed by atoms with Crippen molar-refractivity contribution in [2.75, 3.05) is 6.61 Å². The van der Waals surface area contributed by atoms with Crippen molar-refractivity contribution in [3.63, 3.8) is 0 Å². The summed E-state index contributed by atoms with van der Waals surface area (Å²) in [5, 5.41) is 10.4. The lowest BCUT2D eigenvalue weighted by Gasteiger charge is -2.09. The molecule has 0 aliphatic rings.